The monoisotopic (exact) mass is 366 g/mol. The first-order valence-corrected chi connectivity index (χ1v) is 8.81. The van der Waals surface area contributed by atoms with E-state index in [1.165, 1.54) is 6.07 Å². The maximum absolute atomic E-state index is 13.7. The zero-order chi connectivity index (χ0) is 18.6. The van der Waals surface area contributed by atoms with E-state index in [2.05, 4.69) is 25.8 Å². The Bertz CT molecular complexity index is 956. The summed E-state index contributed by atoms with van der Waals surface area (Å²) in [5.41, 5.74) is 1.60. The molecule has 4 rings (SSSR count). The van der Waals surface area contributed by atoms with Crippen molar-refractivity contribution in [2.75, 3.05) is 31.5 Å². The average molecular weight is 366 g/mol. The summed E-state index contributed by atoms with van der Waals surface area (Å²) < 4.78 is 13.7. The molecule has 1 amide bonds. The number of hydrogen-bond donors (Lipinski definition) is 2. The van der Waals surface area contributed by atoms with Crippen molar-refractivity contribution in [2.45, 2.75) is 6.54 Å². The van der Waals surface area contributed by atoms with Gasteiger partial charge in [-0.2, -0.15) is 0 Å². The number of nitrogens with zero attached hydrogens (tertiary/aromatic N) is 4. The van der Waals surface area contributed by atoms with Crippen LogP contribution in [0.5, 0.6) is 0 Å². The smallest absolute Gasteiger partial charge is 0.274 e. The Morgan fingerprint density at radius 3 is 2.81 bits per heavy atom. The summed E-state index contributed by atoms with van der Waals surface area (Å²) in [6.45, 7) is 3.41. The summed E-state index contributed by atoms with van der Waals surface area (Å²) in [4.78, 5) is 18.3. The molecule has 0 atom stereocenters. The normalized spacial score (nSPS) is 14.3. The second-order valence-corrected chi connectivity index (χ2v) is 6.35. The Labute approximate surface area is 155 Å². The number of carbonyl (C=O) groups is 1. The van der Waals surface area contributed by atoms with Gasteiger partial charge in [-0.15, -0.1) is 10.2 Å². The molecule has 7 nitrogen and oxygen atoms in total. The lowest BCUT2D eigenvalue weighted by Gasteiger charge is -2.26. The third kappa shape index (κ3) is 3.85. The Hall–Kier alpha value is -3.13. The van der Waals surface area contributed by atoms with Crippen molar-refractivity contribution >= 4 is 22.6 Å². The van der Waals surface area contributed by atoms with Gasteiger partial charge in [-0.1, -0.05) is 12.1 Å². The number of halogens is 1. The predicted octanol–water partition coefficient (Wildman–Crippen LogP) is 1.82. The maximum Gasteiger partial charge on any atom is 0.274 e. The zero-order valence-corrected chi connectivity index (χ0v) is 14.7. The van der Waals surface area contributed by atoms with Crippen LogP contribution >= 0.6 is 0 Å². The Balaban J connectivity index is 1.40. The molecule has 1 fully saturated rings. The molecule has 0 radical (unpaired) electrons. The summed E-state index contributed by atoms with van der Waals surface area (Å²) in [7, 11) is 0. The summed E-state index contributed by atoms with van der Waals surface area (Å²) in [6.07, 6.45) is 1.63. The fourth-order valence-corrected chi connectivity index (χ4v) is 3.03. The highest BCUT2D eigenvalue weighted by molar-refractivity contribution is 5.92. The van der Waals surface area contributed by atoms with Crippen molar-refractivity contribution in [2.24, 2.45) is 0 Å². The van der Waals surface area contributed by atoms with Gasteiger partial charge in [0.05, 0.1) is 0 Å². The lowest BCUT2D eigenvalue weighted by molar-refractivity contribution is 0.0728. The molecule has 3 heterocycles. The molecule has 0 unspecified atom stereocenters. The largest absolute Gasteiger partial charge is 0.364 e. The molecule has 27 heavy (non-hydrogen) atoms. The number of hydrogen-bond acceptors (Lipinski definition) is 6. The van der Waals surface area contributed by atoms with Crippen LogP contribution < -0.4 is 10.6 Å². The number of benzene rings is 1. The number of piperazine rings is 1. The maximum atomic E-state index is 13.7. The third-order valence-electron chi connectivity index (χ3n) is 4.48. The van der Waals surface area contributed by atoms with E-state index in [9.17, 15) is 9.18 Å². The van der Waals surface area contributed by atoms with Gasteiger partial charge in [0.15, 0.2) is 5.69 Å². The fraction of sp³-hybridized carbons (Fsp3) is 0.263. The van der Waals surface area contributed by atoms with Crippen molar-refractivity contribution in [1.82, 2.24) is 25.4 Å². The highest BCUT2D eigenvalue weighted by atomic mass is 19.1. The predicted molar refractivity (Wildman–Crippen MR) is 99.8 cm³/mol. The highest BCUT2D eigenvalue weighted by Crippen LogP contribution is 2.17. The lowest BCUT2D eigenvalue weighted by atomic mass is 10.1. The quantitative estimate of drug-likeness (QED) is 0.733. The van der Waals surface area contributed by atoms with Gasteiger partial charge in [0.1, 0.15) is 17.2 Å². The molecule has 138 valence electrons. The van der Waals surface area contributed by atoms with E-state index in [4.69, 9.17) is 0 Å². The first-order valence-electron chi connectivity index (χ1n) is 8.81. The molecular formula is C19H19FN6O. The zero-order valence-electron chi connectivity index (χ0n) is 14.7. The Morgan fingerprint density at radius 1 is 1.19 bits per heavy atom. The first-order chi connectivity index (χ1) is 13.2. The van der Waals surface area contributed by atoms with Gasteiger partial charge in [-0.25, -0.2) is 4.39 Å². The molecule has 1 aliphatic rings. The van der Waals surface area contributed by atoms with Crippen LogP contribution in [0.3, 0.4) is 0 Å². The van der Waals surface area contributed by atoms with E-state index < -0.39 is 0 Å². The number of fused-ring (bicyclic) bond motifs is 1. The average Bonchev–Trinajstić information content (AvgIpc) is 2.73. The molecule has 0 bridgehead atoms. The van der Waals surface area contributed by atoms with E-state index in [1.807, 2.05) is 12.1 Å². The Kier molecular flexibility index (Phi) is 4.88. The number of rotatable bonds is 4. The summed E-state index contributed by atoms with van der Waals surface area (Å²) in [6, 6.07) is 10.2. The molecule has 1 aliphatic heterocycles. The Morgan fingerprint density at radius 2 is 2.04 bits per heavy atom. The van der Waals surface area contributed by atoms with Crippen LogP contribution in [0.15, 0.2) is 42.6 Å². The molecule has 8 heteroatoms. The fourth-order valence-electron chi connectivity index (χ4n) is 3.03. The van der Waals surface area contributed by atoms with E-state index in [-0.39, 0.29) is 11.7 Å². The molecule has 1 aromatic carbocycles. The van der Waals surface area contributed by atoms with Crippen LogP contribution in [0.25, 0.3) is 10.9 Å². The van der Waals surface area contributed by atoms with Gasteiger partial charge in [0.2, 0.25) is 0 Å². The van der Waals surface area contributed by atoms with Crippen LogP contribution in [-0.2, 0) is 6.54 Å². The summed E-state index contributed by atoms with van der Waals surface area (Å²) in [5, 5.41) is 15.2. The van der Waals surface area contributed by atoms with Crippen molar-refractivity contribution < 1.29 is 9.18 Å². The standard InChI is InChI=1S/C19H19FN6O/c20-15-3-1-2-14-10-13(12-23-18(14)15)11-22-17-5-4-16(24-25-17)19(27)26-8-6-21-7-9-26/h1-5,10,12,21H,6-9,11H2,(H,22,25). The molecule has 2 N–H and O–H groups in total. The van der Waals surface area contributed by atoms with E-state index in [1.54, 1.807) is 29.3 Å². The molecule has 0 saturated carbocycles. The van der Waals surface area contributed by atoms with Gasteiger partial charge in [0.25, 0.3) is 5.91 Å². The minimum atomic E-state index is -0.331. The number of carbonyl (C=O) groups excluding carboxylic acids is 1. The summed E-state index contributed by atoms with van der Waals surface area (Å²) >= 11 is 0. The molecule has 0 aliphatic carbocycles. The number of aromatic nitrogens is 3. The van der Waals surface area contributed by atoms with Gasteiger partial charge >= 0.3 is 0 Å². The molecule has 3 aromatic rings. The molecular weight excluding hydrogens is 347 g/mol. The molecule has 1 saturated heterocycles. The number of para-hydroxylation sites is 1. The van der Waals surface area contributed by atoms with E-state index in [0.717, 1.165) is 24.0 Å². The second kappa shape index (κ2) is 7.63. The van der Waals surface area contributed by atoms with E-state index >= 15 is 0 Å². The van der Waals surface area contributed by atoms with Gasteiger partial charge in [-0.3, -0.25) is 9.78 Å². The number of pyridine rings is 1. The SMILES string of the molecule is O=C(c1ccc(NCc2cnc3c(F)cccc3c2)nn1)N1CCNCC1. The minimum absolute atomic E-state index is 0.101. The van der Waals surface area contributed by atoms with Crippen molar-refractivity contribution in [3.05, 3.63) is 59.7 Å². The topological polar surface area (TPSA) is 83.0 Å². The van der Waals surface area contributed by atoms with Crippen LogP contribution in [0.1, 0.15) is 16.1 Å². The number of nitrogens with one attached hydrogen (secondary N) is 2. The van der Waals surface area contributed by atoms with Gasteiger partial charge in [0, 0.05) is 44.3 Å². The third-order valence-corrected chi connectivity index (χ3v) is 4.48. The number of amides is 1. The van der Waals surface area contributed by atoms with Crippen molar-refractivity contribution in [3.63, 3.8) is 0 Å². The number of anilines is 1. The minimum Gasteiger partial charge on any atom is -0.364 e. The molecule has 2 aromatic heterocycles. The van der Waals surface area contributed by atoms with Crippen LogP contribution in [0, 0.1) is 5.82 Å². The van der Waals surface area contributed by atoms with Gasteiger partial charge < -0.3 is 15.5 Å². The lowest BCUT2D eigenvalue weighted by Crippen LogP contribution is -2.46. The van der Waals surface area contributed by atoms with Crippen LogP contribution in [0.4, 0.5) is 10.2 Å². The van der Waals surface area contributed by atoms with Crippen molar-refractivity contribution in [3.8, 4) is 0 Å². The van der Waals surface area contributed by atoms with Gasteiger partial charge in [-0.05, 0) is 29.8 Å². The highest BCUT2D eigenvalue weighted by Gasteiger charge is 2.19. The van der Waals surface area contributed by atoms with Crippen molar-refractivity contribution in [1.29, 1.82) is 0 Å². The molecule has 0 spiro atoms. The van der Waals surface area contributed by atoms with Crippen LogP contribution in [0.2, 0.25) is 0 Å². The van der Waals surface area contributed by atoms with E-state index in [0.29, 0.717) is 36.7 Å². The van der Waals surface area contributed by atoms with Crippen LogP contribution in [-0.4, -0.2) is 52.2 Å². The first kappa shape index (κ1) is 17.3. The second-order valence-electron chi connectivity index (χ2n) is 6.35. The summed E-state index contributed by atoms with van der Waals surface area (Å²) in [5.74, 6) is 0.130.